The normalized spacial score (nSPS) is 12.7. The minimum absolute atomic E-state index is 0.899. The fraction of sp³-hybridized carbons (Fsp3) is 1.00. The molecule has 0 aliphatic carbocycles. The van der Waals surface area contributed by atoms with Gasteiger partial charge in [0.05, 0.1) is 0 Å². The predicted octanol–water partition coefficient (Wildman–Crippen LogP) is 12.0. The summed E-state index contributed by atoms with van der Waals surface area (Å²) in [5.41, 5.74) is 0. The van der Waals surface area contributed by atoms with Crippen LogP contribution in [0, 0.1) is 11.8 Å². The van der Waals surface area contributed by atoms with Gasteiger partial charge in [-0.05, 0) is 44.6 Å². The van der Waals surface area contributed by atoms with Gasteiger partial charge < -0.3 is 9.64 Å². The number of ether oxygens (including phenoxy) is 1. The van der Waals surface area contributed by atoms with Crippen LogP contribution >= 0.6 is 0 Å². The average Bonchev–Trinajstić information content (AvgIpc) is 2.92. The molecule has 0 spiro atoms. The lowest BCUT2D eigenvalue weighted by molar-refractivity contribution is 0.116. The third-order valence-electron chi connectivity index (χ3n) is 8.66. The van der Waals surface area contributed by atoms with E-state index in [2.05, 4.69) is 39.6 Å². The Morgan fingerprint density at radius 1 is 0.421 bits per heavy atom. The Labute approximate surface area is 242 Å². The van der Waals surface area contributed by atoms with E-state index < -0.39 is 0 Å². The standard InChI is InChI=1S/C36H75NO/c1-6-10-14-18-22-30-36(29-21-17-13-9-4)34-37(5)31-25-33-38-32-24-23-28-35(26-19-15-11-7-2)27-20-16-12-8-3/h35-36H,6-34H2,1-5H3. The topological polar surface area (TPSA) is 12.5 Å². The Morgan fingerprint density at radius 2 is 0.789 bits per heavy atom. The van der Waals surface area contributed by atoms with Crippen LogP contribution in [0.5, 0.6) is 0 Å². The number of hydrogen-bond acceptors (Lipinski definition) is 2. The number of rotatable bonds is 32. The van der Waals surface area contributed by atoms with Gasteiger partial charge in [0.25, 0.3) is 0 Å². The van der Waals surface area contributed by atoms with Gasteiger partial charge in [-0.3, -0.25) is 0 Å². The third-order valence-corrected chi connectivity index (χ3v) is 8.66. The van der Waals surface area contributed by atoms with Gasteiger partial charge in [-0.25, -0.2) is 0 Å². The highest BCUT2D eigenvalue weighted by molar-refractivity contribution is 4.66. The summed E-state index contributed by atoms with van der Waals surface area (Å²) in [5.74, 6) is 1.87. The van der Waals surface area contributed by atoms with E-state index in [0.29, 0.717) is 0 Å². The first-order valence-corrected chi connectivity index (χ1v) is 17.9. The summed E-state index contributed by atoms with van der Waals surface area (Å²) < 4.78 is 6.06. The van der Waals surface area contributed by atoms with Gasteiger partial charge in [-0.15, -0.1) is 0 Å². The minimum Gasteiger partial charge on any atom is -0.381 e. The largest absolute Gasteiger partial charge is 0.381 e. The number of hydrogen-bond donors (Lipinski definition) is 0. The Kier molecular flexibility index (Phi) is 31.4. The molecule has 0 aromatic carbocycles. The van der Waals surface area contributed by atoms with Gasteiger partial charge in [-0.1, -0.05) is 163 Å². The Morgan fingerprint density at radius 3 is 1.26 bits per heavy atom. The zero-order valence-corrected chi connectivity index (χ0v) is 27.5. The molecule has 1 unspecified atom stereocenters. The zero-order chi connectivity index (χ0) is 27.9. The van der Waals surface area contributed by atoms with Crippen molar-refractivity contribution in [2.24, 2.45) is 11.8 Å². The first-order chi connectivity index (χ1) is 18.7. The lowest BCUT2D eigenvalue weighted by Gasteiger charge is -2.24. The maximum Gasteiger partial charge on any atom is 0.0478 e. The van der Waals surface area contributed by atoms with Crippen molar-refractivity contribution in [1.29, 1.82) is 0 Å². The van der Waals surface area contributed by atoms with Gasteiger partial charge in [0.2, 0.25) is 0 Å². The quantitative estimate of drug-likeness (QED) is 0.0791. The maximum atomic E-state index is 6.06. The molecule has 0 rings (SSSR count). The monoisotopic (exact) mass is 538 g/mol. The summed E-state index contributed by atoms with van der Waals surface area (Å²) in [7, 11) is 2.34. The molecule has 0 radical (unpaired) electrons. The van der Waals surface area contributed by atoms with Crippen molar-refractivity contribution in [3.8, 4) is 0 Å². The van der Waals surface area contributed by atoms with Crippen LogP contribution < -0.4 is 0 Å². The lowest BCUT2D eigenvalue weighted by atomic mass is 9.90. The fourth-order valence-corrected chi connectivity index (χ4v) is 6.08. The highest BCUT2D eigenvalue weighted by Gasteiger charge is 2.12. The molecule has 0 aliphatic rings. The maximum absolute atomic E-state index is 6.06. The van der Waals surface area contributed by atoms with Gasteiger partial charge in [0.15, 0.2) is 0 Å². The van der Waals surface area contributed by atoms with E-state index in [4.69, 9.17) is 4.74 Å². The SMILES string of the molecule is CCCCCCCC(CCCCCC)CN(C)CCCOCCCCC(CCCCCC)CCCCCC. The fourth-order valence-electron chi connectivity index (χ4n) is 6.08. The molecule has 0 aromatic rings. The van der Waals surface area contributed by atoms with E-state index in [-0.39, 0.29) is 0 Å². The van der Waals surface area contributed by atoms with E-state index in [9.17, 15) is 0 Å². The van der Waals surface area contributed by atoms with Gasteiger partial charge in [-0.2, -0.15) is 0 Å². The predicted molar refractivity (Wildman–Crippen MR) is 173 cm³/mol. The number of nitrogens with zero attached hydrogens (tertiary/aromatic N) is 1. The second-order valence-electron chi connectivity index (χ2n) is 12.7. The molecule has 1 atom stereocenters. The molecule has 0 heterocycles. The van der Waals surface area contributed by atoms with Crippen molar-refractivity contribution in [3.63, 3.8) is 0 Å². The van der Waals surface area contributed by atoms with Gasteiger partial charge >= 0.3 is 0 Å². The van der Waals surface area contributed by atoms with Crippen LogP contribution in [0.3, 0.4) is 0 Å². The summed E-state index contributed by atoms with van der Waals surface area (Å²) in [5, 5.41) is 0. The van der Waals surface area contributed by atoms with Crippen LogP contribution in [-0.2, 0) is 4.74 Å². The van der Waals surface area contributed by atoms with E-state index in [1.807, 2.05) is 0 Å². The molecule has 0 amide bonds. The molecule has 0 aliphatic heterocycles. The third kappa shape index (κ3) is 27.5. The summed E-state index contributed by atoms with van der Waals surface area (Å²) in [4.78, 5) is 2.60. The molecule has 0 fully saturated rings. The lowest BCUT2D eigenvalue weighted by Crippen LogP contribution is -2.27. The summed E-state index contributed by atoms with van der Waals surface area (Å²) in [6.45, 7) is 13.7. The van der Waals surface area contributed by atoms with Crippen LogP contribution in [-0.4, -0.2) is 38.3 Å². The van der Waals surface area contributed by atoms with Crippen molar-refractivity contribution >= 4 is 0 Å². The summed E-state index contributed by atoms with van der Waals surface area (Å²) in [6.07, 6.45) is 35.1. The van der Waals surface area contributed by atoms with Crippen molar-refractivity contribution in [3.05, 3.63) is 0 Å². The minimum atomic E-state index is 0.899. The average molecular weight is 538 g/mol. The van der Waals surface area contributed by atoms with Crippen molar-refractivity contribution in [1.82, 2.24) is 4.90 Å². The van der Waals surface area contributed by atoms with E-state index in [0.717, 1.165) is 25.0 Å². The van der Waals surface area contributed by atoms with Crippen LogP contribution in [0.15, 0.2) is 0 Å². The second kappa shape index (κ2) is 31.4. The molecule has 0 saturated heterocycles. The molecular formula is C36H75NO. The molecule has 0 saturated carbocycles. The van der Waals surface area contributed by atoms with Crippen molar-refractivity contribution in [2.75, 3.05) is 33.4 Å². The van der Waals surface area contributed by atoms with Crippen molar-refractivity contribution in [2.45, 2.75) is 188 Å². The molecule has 2 nitrogen and oxygen atoms in total. The number of unbranched alkanes of at least 4 members (excludes halogenated alkanes) is 14. The van der Waals surface area contributed by atoms with Crippen molar-refractivity contribution < 1.29 is 4.74 Å². The molecule has 0 aromatic heterocycles. The Bertz CT molecular complexity index is 414. The van der Waals surface area contributed by atoms with Crippen LogP contribution in [0.4, 0.5) is 0 Å². The van der Waals surface area contributed by atoms with Crippen LogP contribution in [0.2, 0.25) is 0 Å². The Hall–Kier alpha value is -0.0800. The summed E-state index contributed by atoms with van der Waals surface area (Å²) in [6, 6.07) is 0. The molecule has 230 valence electrons. The van der Waals surface area contributed by atoms with Gasteiger partial charge in [0.1, 0.15) is 0 Å². The molecule has 0 N–H and O–H groups in total. The zero-order valence-electron chi connectivity index (χ0n) is 27.5. The highest BCUT2D eigenvalue weighted by Crippen LogP contribution is 2.24. The second-order valence-corrected chi connectivity index (χ2v) is 12.7. The Balaban J connectivity index is 4.01. The highest BCUT2D eigenvalue weighted by atomic mass is 16.5. The van der Waals surface area contributed by atoms with Crippen LogP contribution in [0.1, 0.15) is 188 Å². The van der Waals surface area contributed by atoms with E-state index in [1.54, 1.807) is 0 Å². The molecule has 0 bridgehead atoms. The molecular weight excluding hydrogens is 462 g/mol. The van der Waals surface area contributed by atoms with E-state index in [1.165, 1.54) is 174 Å². The van der Waals surface area contributed by atoms with Crippen LogP contribution in [0.25, 0.3) is 0 Å². The van der Waals surface area contributed by atoms with E-state index >= 15 is 0 Å². The molecule has 2 heteroatoms. The molecule has 38 heavy (non-hydrogen) atoms. The van der Waals surface area contributed by atoms with Gasteiger partial charge in [0, 0.05) is 26.3 Å². The smallest absolute Gasteiger partial charge is 0.0478 e. The first kappa shape index (κ1) is 37.9. The summed E-state index contributed by atoms with van der Waals surface area (Å²) >= 11 is 0. The first-order valence-electron chi connectivity index (χ1n) is 17.9.